The van der Waals surface area contributed by atoms with Crippen molar-refractivity contribution in [3.63, 3.8) is 0 Å². The third-order valence-corrected chi connectivity index (χ3v) is 0.791. The Balaban J connectivity index is 2.19. The topological polar surface area (TPSA) is 38.0 Å². The molecule has 0 heterocycles. The van der Waals surface area contributed by atoms with Crippen molar-refractivity contribution in [2.45, 2.75) is 0 Å². The van der Waals surface area contributed by atoms with Crippen LogP contribution in [0.25, 0.3) is 0 Å². The zero-order valence-corrected chi connectivity index (χ0v) is 5.08. The summed E-state index contributed by atoms with van der Waals surface area (Å²) < 4.78 is 2.86. The van der Waals surface area contributed by atoms with Gasteiger partial charge in [-0.15, -0.1) is 0 Å². The number of rotatable bonds is 2. The average molecular weight is 254 g/mol. The van der Waals surface area contributed by atoms with Crippen LogP contribution in [0.5, 0.6) is 0 Å². The van der Waals surface area contributed by atoms with Crippen LogP contribution in [-0.4, -0.2) is 13.1 Å². The van der Waals surface area contributed by atoms with Crippen LogP contribution >= 0.6 is 0 Å². The summed E-state index contributed by atoms with van der Waals surface area (Å²) in [6.45, 7) is 1.63. The molecule has 5 heavy (non-hydrogen) atoms. The van der Waals surface area contributed by atoms with Crippen molar-refractivity contribution in [2.75, 3.05) is 13.1 Å². The predicted molar refractivity (Wildman–Crippen MR) is 17.1 cm³/mol. The van der Waals surface area contributed by atoms with Crippen LogP contribution in [0.1, 0.15) is 0 Å². The quantitative estimate of drug-likeness (QED) is 0.663. The fraction of sp³-hybridized carbons (Fsp3) is 1.00. The van der Waals surface area contributed by atoms with Crippen molar-refractivity contribution >= 4 is 0 Å². The molecule has 0 saturated carbocycles. The molecule has 35 valence electrons. The van der Waals surface area contributed by atoms with E-state index in [9.17, 15) is 0 Å². The normalized spacial score (nSPS) is 8.60. The maximum atomic E-state index is 5.07. The summed E-state index contributed by atoms with van der Waals surface area (Å²) >= 11 is 2.04. The van der Waals surface area contributed by atoms with Gasteiger partial charge in [0, 0.05) is 0 Å². The Morgan fingerprint density at radius 3 is 2.40 bits per heavy atom. The van der Waals surface area contributed by atoms with E-state index in [4.69, 9.17) is 5.73 Å². The summed E-state index contributed by atoms with van der Waals surface area (Å²) in [4.78, 5) is 0. The third kappa shape index (κ3) is 4.61. The molecule has 0 spiro atoms. The monoisotopic (exact) mass is 254 g/mol. The molecule has 0 atom stereocenters. The van der Waals surface area contributed by atoms with Crippen molar-refractivity contribution in [1.82, 2.24) is 3.88 Å². The molecule has 0 bridgehead atoms. The van der Waals surface area contributed by atoms with Crippen LogP contribution in [0.15, 0.2) is 0 Å². The SMILES string of the molecule is NCC[NH][Pt]. The second-order valence-corrected chi connectivity index (χ2v) is 1.45. The first kappa shape index (κ1) is 5.61. The Bertz CT molecular complexity index is 15.1. The van der Waals surface area contributed by atoms with E-state index in [1.807, 2.05) is 20.1 Å². The van der Waals surface area contributed by atoms with Crippen molar-refractivity contribution in [3.8, 4) is 0 Å². The molecule has 0 aromatic carbocycles. The fourth-order valence-corrected chi connectivity index (χ4v) is 0.374. The van der Waals surface area contributed by atoms with E-state index in [-0.39, 0.29) is 0 Å². The van der Waals surface area contributed by atoms with Crippen LogP contribution in [0.3, 0.4) is 0 Å². The summed E-state index contributed by atoms with van der Waals surface area (Å²) in [5.41, 5.74) is 5.07. The van der Waals surface area contributed by atoms with E-state index in [0.29, 0.717) is 0 Å². The molecule has 0 fully saturated rings. The average Bonchev–Trinajstić information content (AvgIpc) is 1.41. The van der Waals surface area contributed by atoms with Gasteiger partial charge < -0.3 is 0 Å². The van der Waals surface area contributed by atoms with Gasteiger partial charge in [0.1, 0.15) is 0 Å². The summed E-state index contributed by atoms with van der Waals surface area (Å²) in [7, 11) is 0. The molecular weight excluding hydrogens is 247 g/mol. The van der Waals surface area contributed by atoms with Crippen molar-refractivity contribution in [3.05, 3.63) is 0 Å². The second-order valence-electron chi connectivity index (χ2n) is 0.650. The Kier molecular flexibility index (Phi) is 5.17. The molecule has 0 radical (unpaired) electrons. The van der Waals surface area contributed by atoms with Crippen LogP contribution < -0.4 is 9.61 Å². The van der Waals surface area contributed by atoms with Gasteiger partial charge in [0.05, 0.1) is 0 Å². The molecule has 3 heteroatoms. The van der Waals surface area contributed by atoms with Crippen LogP contribution in [-0.2, 0) is 20.1 Å². The van der Waals surface area contributed by atoms with Crippen molar-refractivity contribution in [1.29, 1.82) is 0 Å². The summed E-state index contributed by atoms with van der Waals surface area (Å²) in [5.74, 6) is 0. The van der Waals surface area contributed by atoms with Gasteiger partial charge >= 0.3 is 42.8 Å². The molecular formula is C2H7N2Pt. The van der Waals surface area contributed by atoms with Gasteiger partial charge in [0.25, 0.3) is 0 Å². The van der Waals surface area contributed by atoms with Crippen LogP contribution in [0.4, 0.5) is 0 Å². The van der Waals surface area contributed by atoms with Gasteiger partial charge in [-0.1, -0.05) is 0 Å². The van der Waals surface area contributed by atoms with Gasteiger partial charge in [-0.3, -0.25) is 0 Å². The zero-order chi connectivity index (χ0) is 4.12. The van der Waals surface area contributed by atoms with Crippen LogP contribution in [0.2, 0.25) is 0 Å². The van der Waals surface area contributed by atoms with E-state index < -0.39 is 0 Å². The third-order valence-electron chi connectivity index (χ3n) is 0.223. The van der Waals surface area contributed by atoms with E-state index in [1.54, 1.807) is 0 Å². The van der Waals surface area contributed by atoms with E-state index in [1.165, 1.54) is 0 Å². The van der Waals surface area contributed by atoms with Gasteiger partial charge in [0.2, 0.25) is 0 Å². The first-order valence-electron chi connectivity index (χ1n) is 1.42. The number of nitrogens with two attached hydrogens (primary N) is 1. The molecule has 0 amide bonds. The maximum absolute atomic E-state index is 5.07. The van der Waals surface area contributed by atoms with E-state index in [0.717, 1.165) is 13.1 Å². The molecule has 0 unspecified atom stereocenters. The molecule has 0 aromatic heterocycles. The van der Waals surface area contributed by atoms with Crippen molar-refractivity contribution < 1.29 is 20.1 Å². The van der Waals surface area contributed by atoms with Gasteiger partial charge in [-0.25, -0.2) is 0 Å². The minimum atomic E-state index is 0.726. The number of hydrogen-bond acceptors (Lipinski definition) is 2. The number of nitrogens with one attached hydrogen (secondary N) is 1. The molecule has 0 aliphatic carbocycles. The standard InChI is InChI=1S/C2H7N2.Pt/c3-1-2-4;/h3H,1-2,4H2;/q-1;+1. The Labute approximate surface area is 43.3 Å². The van der Waals surface area contributed by atoms with Crippen molar-refractivity contribution in [2.24, 2.45) is 5.73 Å². The summed E-state index contributed by atoms with van der Waals surface area (Å²) in [6.07, 6.45) is 0. The Hall–Kier alpha value is 0.608. The zero-order valence-electron chi connectivity index (χ0n) is 2.81. The minimum absolute atomic E-state index is 0.726. The Morgan fingerprint density at radius 1 is 1.80 bits per heavy atom. The molecule has 0 aromatic rings. The van der Waals surface area contributed by atoms with E-state index >= 15 is 0 Å². The Morgan fingerprint density at radius 2 is 2.40 bits per heavy atom. The molecule has 0 rings (SSSR count). The molecule has 0 aliphatic rings. The molecule has 0 aliphatic heterocycles. The molecule has 3 N–H and O–H groups in total. The summed E-state index contributed by atoms with van der Waals surface area (Å²) in [5, 5.41) is 0. The van der Waals surface area contributed by atoms with Gasteiger partial charge in [0.15, 0.2) is 0 Å². The molecule has 0 saturated heterocycles. The van der Waals surface area contributed by atoms with Crippen LogP contribution in [0, 0.1) is 0 Å². The fourth-order valence-electron chi connectivity index (χ4n) is 0.0456. The van der Waals surface area contributed by atoms with Gasteiger partial charge in [-0.05, 0) is 0 Å². The van der Waals surface area contributed by atoms with E-state index in [2.05, 4.69) is 3.88 Å². The molecule has 2 nitrogen and oxygen atoms in total. The predicted octanol–water partition coefficient (Wildman–Crippen LogP) is -1.00. The van der Waals surface area contributed by atoms with Gasteiger partial charge in [-0.2, -0.15) is 0 Å². The number of hydrogen-bond donors (Lipinski definition) is 2. The summed E-state index contributed by atoms with van der Waals surface area (Å²) in [6, 6.07) is 0. The second kappa shape index (κ2) is 4.61. The first-order valence-corrected chi connectivity index (χ1v) is 2.56. The first-order chi connectivity index (χ1) is 2.41.